The molecule has 3 aromatic rings. The Morgan fingerprint density at radius 1 is 1.17 bits per heavy atom. The molecule has 4 rings (SSSR count). The number of aromatic nitrogens is 3. The van der Waals surface area contributed by atoms with Gasteiger partial charge >= 0.3 is 0 Å². The second kappa shape index (κ2) is 9.09. The van der Waals surface area contributed by atoms with Gasteiger partial charge in [0.15, 0.2) is 0 Å². The predicted molar refractivity (Wildman–Crippen MR) is 116 cm³/mol. The first kappa shape index (κ1) is 20.1. The van der Waals surface area contributed by atoms with E-state index in [2.05, 4.69) is 20.0 Å². The van der Waals surface area contributed by atoms with Crippen LogP contribution in [0, 0.1) is 0 Å². The van der Waals surface area contributed by atoms with Crippen molar-refractivity contribution in [1.82, 2.24) is 20.0 Å². The number of pyridine rings is 1. The van der Waals surface area contributed by atoms with Crippen LogP contribution in [0.4, 0.5) is 5.82 Å². The Labute approximate surface area is 180 Å². The maximum Gasteiger partial charge on any atom is 0.246 e. The normalized spacial score (nSPS) is 14.5. The van der Waals surface area contributed by atoms with E-state index in [9.17, 15) is 4.79 Å². The number of halogens is 1. The van der Waals surface area contributed by atoms with Crippen molar-refractivity contribution in [3.63, 3.8) is 0 Å². The fraction of sp³-hybridized carbons (Fsp3) is 0.273. The van der Waals surface area contributed by atoms with Crippen molar-refractivity contribution in [2.75, 3.05) is 31.1 Å². The highest BCUT2D eigenvalue weighted by molar-refractivity contribution is 6.32. The minimum atomic E-state index is -0.0123. The summed E-state index contributed by atoms with van der Waals surface area (Å²) in [7, 11) is 0. The summed E-state index contributed by atoms with van der Waals surface area (Å²) in [4.78, 5) is 25.4. The van der Waals surface area contributed by atoms with Gasteiger partial charge in [-0.1, -0.05) is 41.9 Å². The molecule has 0 N–H and O–H groups in total. The molecule has 7 nitrogen and oxygen atoms in total. The van der Waals surface area contributed by atoms with Gasteiger partial charge in [0.05, 0.1) is 0 Å². The predicted octanol–water partition coefficient (Wildman–Crippen LogP) is 3.71. The number of hydrogen-bond donors (Lipinski definition) is 0. The summed E-state index contributed by atoms with van der Waals surface area (Å²) in [6.45, 7) is 4.69. The third-order valence-corrected chi connectivity index (χ3v) is 5.35. The lowest BCUT2D eigenvalue weighted by Crippen LogP contribution is -2.48. The average Bonchev–Trinajstić information content (AvgIpc) is 3.28. The zero-order chi connectivity index (χ0) is 20.9. The molecule has 0 unspecified atom stereocenters. The Morgan fingerprint density at radius 3 is 2.63 bits per heavy atom. The van der Waals surface area contributed by atoms with Gasteiger partial charge in [0, 0.05) is 55.5 Å². The fourth-order valence-electron chi connectivity index (χ4n) is 3.25. The molecule has 8 heteroatoms. The Hall–Kier alpha value is -3.19. The van der Waals surface area contributed by atoms with E-state index in [1.807, 2.05) is 48.2 Å². The van der Waals surface area contributed by atoms with E-state index in [1.54, 1.807) is 18.3 Å². The van der Waals surface area contributed by atoms with Gasteiger partial charge in [-0.05, 0) is 29.8 Å². The number of benzene rings is 1. The summed E-state index contributed by atoms with van der Waals surface area (Å²) in [5.74, 6) is 2.02. The number of anilines is 1. The largest absolute Gasteiger partial charge is 0.353 e. The molecule has 1 aliphatic heterocycles. The van der Waals surface area contributed by atoms with Crippen LogP contribution in [0.5, 0.6) is 0 Å². The molecule has 1 amide bonds. The molecule has 0 bridgehead atoms. The van der Waals surface area contributed by atoms with E-state index in [0.29, 0.717) is 36.2 Å². The molecule has 0 aliphatic carbocycles. The second-order valence-electron chi connectivity index (χ2n) is 6.94. The van der Waals surface area contributed by atoms with Gasteiger partial charge < -0.3 is 14.3 Å². The summed E-state index contributed by atoms with van der Waals surface area (Å²) in [5.41, 5.74) is 1.66. The van der Waals surface area contributed by atoms with Crippen LogP contribution in [-0.2, 0) is 11.2 Å². The molecular weight excluding hydrogens is 402 g/mol. The Bertz CT molecular complexity index is 1040. The van der Waals surface area contributed by atoms with Crippen molar-refractivity contribution >= 4 is 29.4 Å². The van der Waals surface area contributed by atoms with E-state index in [-0.39, 0.29) is 5.91 Å². The lowest BCUT2D eigenvalue weighted by molar-refractivity contribution is -0.126. The van der Waals surface area contributed by atoms with Gasteiger partial charge in [-0.15, -0.1) is 0 Å². The van der Waals surface area contributed by atoms with E-state index in [0.717, 1.165) is 30.0 Å². The van der Waals surface area contributed by atoms with Crippen molar-refractivity contribution in [2.24, 2.45) is 0 Å². The first-order chi connectivity index (χ1) is 14.6. The minimum Gasteiger partial charge on any atom is -0.353 e. The number of hydrogen-bond acceptors (Lipinski definition) is 6. The van der Waals surface area contributed by atoms with Crippen LogP contribution >= 0.6 is 11.6 Å². The highest BCUT2D eigenvalue weighted by atomic mass is 35.5. The van der Waals surface area contributed by atoms with Crippen LogP contribution in [0.25, 0.3) is 17.5 Å². The molecule has 1 aliphatic rings. The summed E-state index contributed by atoms with van der Waals surface area (Å²) in [6, 6.07) is 11.4. The molecule has 2 aromatic heterocycles. The van der Waals surface area contributed by atoms with Crippen molar-refractivity contribution < 1.29 is 9.32 Å². The smallest absolute Gasteiger partial charge is 0.246 e. The van der Waals surface area contributed by atoms with Crippen LogP contribution in [0.1, 0.15) is 18.4 Å². The summed E-state index contributed by atoms with van der Waals surface area (Å²) < 4.78 is 5.15. The summed E-state index contributed by atoms with van der Waals surface area (Å²) >= 11 is 6.14. The number of carbonyl (C=O) groups excluding carboxylic acids is 1. The molecular formula is C22H22ClN5O2. The van der Waals surface area contributed by atoms with Crippen LogP contribution in [0.2, 0.25) is 5.02 Å². The molecule has 3 heterocycles. The lowest BCUT2D eigenvalue weighted by Gasteiger charge is -2.35. The van der Waals surface area contributed by atoms with Crippen molar-refractivity contribution in [3.05, 3.63) is 65.1 Å². The molecule has 1 aromatic carbocycles. The molecule has 1 fully saturated rings. The second-order valence-corrected chi connectivity index (χ2v) is 7.34. The van der Waals surface area contributed by atoms with E-state index < -0.39 is 0 Å². The first-order valence-electron chi connectivity index (χ1n) is 9.89. The van der Waals surface area contributed by atoms with Crippen molar-refractivity contribution in [2.45, 2.75) is 13.3 Å². The lowest BCUT2D eigenvalue weighted by atomic mass is 10.2. The van der Waals surface area contributed by atoms with Gasteiger partial charge in [0.2, 0.25) is 17.6 Å². The van der Waals surface area contributed by atoms with Crippen LogP contribution in [0.3, 0.4) is 0 Å². The van der Waals surface area contributed by atoms with E-state index in [4.69, 9.17) is 16.1 Å². The zero-order valence-electron chi connectivity index (χ0n) is 16.7. The third kappa shape index (κ3) is 4.52. The summed E-state index contributed by atoms with van der Waals surface area (Å²) in [5, 5.41) is 4.61. The van der Waals surface area contributed by atoms with Gasteiger partial charge in [-0.3, -0.25) is 4.79 Å². The number of rotatable bonds is 5. The monoisotopic (exact) mass is 423 g/mol. The van der Waals surface area contributed by atoms with Gasteiger partial charge in [0.1, 0.15) is 5.82 Å². The number of aryl methyl sites for hydroxylation is 1. The van der Waals surface area contributed by atoms with Crippen LogP contribution < -0.4 is 4.90 Å². The standard InChI is InChI=1S/C22H22ClN5O2/c1-2-20-25-22(26-30-20)17-7-9-19(24-15-17)27-11-13-28(14-12-27)21(29)10-8-16-5-3-4-6-18(16)23/h3-10,15H,2,11-14H2,1H3/b10-8+. The van der Waals surface area contributed by atoms with Gasteiger partial charge in [0.25, 0.3) is 0 Å². The molecule has 154 valence electrons. The third-order valence-electron chi connectivity index (χ3n) is 5.00. The minimum absolute atomic E-state index is 0.0123. The van der Waals surface area contributed by atoms with E-state index >= 15 is 0 Å². The van der Waals surface area contributed by atoms with Crippen LogP contribution in [-0.4, -0.2) is 52.1 Å². The number of amides is 1. The maximum atomic E-state index is 12.5. The highest BCUT2D eigenvalue weighted by Gasteiger charge is 2.21. The number of carbonyl (C=O) groups is 1. The highest BCUT2D eigenvalue weighted by Crippen LogP contribution is 2.20. The molecule has 30 heavy (non-hydrogen) atoms. The quantitative estimate of drug-likeness (QED) is 0.582. The first-order valence-corrected chi connectivity index (χ1v) is 10.3. The Balaban J connectivity index is 1.34. The molecule has 0 atom stereocenters. The van der Waals surface area contributed by atoms with Crippen molar-refractivity contribution in [1.29, 1.82) is 0 Å². The number of nitrogens with zero attached hydrogens (tertiary/aromatic N) is 5. The topological polar surface area (TPSA) is 75.4 Å². The maximum absolute atomic E-state index is 12.5. The SMILES string of the molecule is CCc1nc(-c2ccc(N3CCN(C(=O)/C=C/c4ccccc4Cl)CC3)nc2)no1. The Kier molecular flexibility index (Phi) is 6.09. The van der Waals surface area contributed by atoms with Crippen molar-refractivity contribution in [3.8, 4) is 11.4 Å². The molecule has 0 spiro atoms. The summed E-state index contributed by atoms with van der Waals surface area (Å²) in [6.07, 6.45) is 5.80. The molecule has 0 radical (unpaired) electrons. The van der Waals surface area contributed by atoms with Gasteiger partial charge in [-0.2, -0.15) is 4.98 Å². The molecule has 1 saturated heterocycles. The molecule has 0 saturated carbocycles. The average molecular weight is 424 g/mol. The van der Waals surface area contributed by atoms with E-state index in [1.165, 1.54) is 0 Å². The van der Waals surface area contributed by atoms with Gasteiger partial charge in [-0.25, -0.2) is 4.98 Å². The van der Waals surface area contributed by atoms with Crippen LogP contribution in [0.15, 0.2) is 53.2 Å². The Morgan fingerprint density at radius 2 is 1.97 bits per heavy atom. The zero-order valence-corrected chi connectivity index (χ0v) is 17.4. The number of piperazine rings is 1. The fourth-order valence-corrected chi connectivity index (χ4v) is 3.45.